The van der Waals surface area contributed by atoms with Gasteiger partial charge in [-0.25, -0.2) is 0 Å². The number of hydrogen-bond donors (Lipinski definition) is 2. The second kappa shape index (κ2) is 2.79. The average Bonchev–Trinajstić information content (AvgIpc) is 1.86. The van der Waals surface area contributed by atoms with E-state index in [0.717, 1.165) is 11.5 Å². The lowest BCUT2D eigenvalue weighted by Crippen LogP contribution is -2.44. The van der Waals surface area contributed by atoms with E-state index in [0.29, 0.717) is 13.0 Å². The number of hydroxylamine groups is 2. The molecule has 0 radical (unpaired) electrons. The number of carboxylic acids is 1. The van der Waals surface area contributed by atoms with Crippen LogP contribution in [-0.4, -0.2) is 34.4 Å². The molecule has 0 aromatic heterocycles. The highest BCUT2D eigenvalue weighted by Gasteiger charge is 2.37. The highest BCUT2D eigenvalue weighted by atomic mass is 16.5. The molecule has 11 heavy (non-hydrogen) atoms. The largest absolute Gasteiger partial charge is 0.481 e. The predicted octanol–water partition coefficient (Wildman–Crippen LogP) is 0.562. The first-order valence-corrected chi connectivity index (χ1v) is 3.72. The molecule has 4 heteroatoms. The van der Waals surface area contributed by atoms with Gasteiger partial charge in [0.2, 0.25) is 0 Å². The van der Waals surface area contributed by atoms with Gasteiger partial charge in [-0.05, 0) is 19.8 Å². The molecule has 0 aliphatic carbocycles. The van der Waals surface area contributed by atoms with Crippen LogP contribution in [0.5, 0.6) is 0 Å². The monoisotopic (exact) mass is 159 g/mol. The summed E-state index contributed by atoms with van der Waals surface area (Å²) in [5.74, 6) is -0.823. The molecule has 1 rings (SSSR count). The molecular formula is C7H13NO3. The van der Waals surface area contributed by atoms with Crippen LogP contribution in [0.4, 0.5) is 0 Å². The summed E-state index contributed by atoms with van der Waals surface area (Å²) < 4.78 is 0. The van der Waals surface area contributed by atoms with Crippen LogP contribution >= 0.6 is 0 Å². The van der Waals surface area contributed by atoms with Crippen LogP contribution in [0.1, 0.15) is 19.8 Å². The van der Waals surface area contributed by atoms with Crippen molar-refractivity contribution in [2.45, 2.75) is 19.8 Å². The van der Waals surface area contributed by atoms with Crippen LogP contribution in [0.25, 0.3) is 0 Å². The van der Waals surface area contributed by atoms with Crippen LogP contribution in [0.3, 0.4) is 0 Å². The van der Waals surface area contributed by atoms with Crippen LogP contribution in [0.15, 0.2) is 0 Å². The Kier molecular flexibility index (Phi) is 2.15. The normalized spacial score (nSPS) is 33.6. The topological polar surface area (TPSA) is 60.8 Å². The zero-order chi connectivity index (χ0) is 8.48. The highest BCUT2D eigenvalue weighted by Crippen LogP contribution is 2.28. The minimum absolute atomic E-state index is 0.238. The first kappa shape index (κ1) is 8.49. The van der Waals surface area contributed by atoms with Crippen molar-refractivity contribution in [2.24, 2.45) is 5.41 Å². The number of hydrogen-bond acceptors (Lipinski definition) is 3. The Morgan fingerprint density at radius 2 is 2.27 bits per heavy atom. The molecule has 1 unspecified atom stereocenters. The van der Waals surface area contributed by atoms with Gasteiger partial charge in [0.25, 0.3) is 0 Å². The number of carboxylic acid groups (broad SMARTS) is 1. The summed E-state index contributed by atoms with van der Waals surface area (Å²) in [5, 5.41) is 18.9. The molecule has 0 spiro atoms. The van der Waals surface area contributed by atoms with Gasteiger partial charge in [-0.3, -0.25) is 4.79 Å². The first-order chi connectivity index (χ1) is 5.04. The Bertz CT molecular complexity index is 171. The minimum atomic E-state index is -0.823. The number of carbonyl (C=O) groups is 1. The van der Waals surface area contributed by atoms with Crippen molar-refractivity contribution < 1.29 is 15.1 Å². The lowest BCUT2D eigenvalue weighted by molar-refractivity contribution is -0.170. The summed E-state index contributed by atoms with van der Waals surface area (Å²) in [5.41, 5.74) is -0.757. The van der Waals surface area contributed by atoms with Gasteiger partial charge in [0.15, 0.2) is 0 Å². The van der Waals surface area contributed by atoms with Crippen molar-refractivity contribution in [1.82, 2.24) is 5.06 Å². The fourth-order valence-corrected chi connectivity index (χ4v) is 1.39. The maximum absolute atomic E-state index is 10.7. The molecule has 1 atom stereocenters. The van der Waals surface area contributed by atoms with Crippen LogP contribution in [-0.2, 0) is 4.79 Å². The van der Waals surface area contributed by atoms with E-state index in [9.17, 15) is 4.79 Å². The zero-order valence-corrected chi connectivity index (χ0v) is 6.58. The summed E-state index contributed by atoms with van der Waals surface area (Å²) in [7, 11) is 0. The molecule has 2 N–H and O–H groups in total. The Balaban J connectivity index is 2.63. The molecule has 1 aliphatic heterocycles. The van der Waals surface area contributed by atoms with Gasteiger partial charge in [-0.2, -0.15) is 5.06 Å². The Morgan fingerprint density at radius 1 is 1.64 bits per heavy atom. The van der Waals surface area contributed by atoms with Crippen molar-refractivity contribution in [2.75, 3.05) is 13.1 Å². The Labute approximate surface area is 65.4 Å². The Hall–Kier alpha value is -0.610. The summed E-state index contributed by atoms with van der Waals surface area (Å²) in [6.07, 6.45) is 1.40. The predicted molar refractivity (Wildman–Crippen MR) is 38.3 cm³/mol. The van der Waals surface area contributed by atoms with Gasteiger partial charge < -0.3 is 10.3 Å². The van der Waals surface area contributed by atoms with E-state index in [1.165, 1.54) is 0 Å². The third-order valence-corrected chi connectivity index (χ3v) is 2.19. The van der Waals surface area contributed by atoms with E-state index in [4.69, 9.17) is 10.3 Å². The van der Waals surface area contributed by atoms with Crippen molar-refractivity contribution in [1.29, 1.82) is 0 Å². The van der Waals surface area contributed by atoms with E-state index < -0.39 is 11.4 Å². The van der Waals surface area contributed by atoms with Crippen LogP contribution in [0.2, 0.25) is 0 Å². The SMILES string of the molecule is CC1(C(=O)O)CCCN(O)C1. The minimum Gasteiger partial charge on any atom is -0.481 e. The van der Waals surface area contributed by atoms with Gasteiger partial charge >= 0.3 is 5.97 Å². The van der Waals surface area contributed by atoms with Gasteiger partial charge in [0.1, 0.15) is 0 Å². The van der Waals surface area contributed by atoms with Gasteiger partial charge in [-0.15, -0.1) is 0 Å². The maximum Gasteiger partial charge on any atom is 0.310 e. The van der Waals surface area contributed by atoms with Crippen molar-refractivity contribution in [3.05, 3.63) is 0 Å². The molecule has 4 nitrogen and oxygen atoms in total. The second-order valence-corrected chi connectivity index (χ2v) is 3.36. The molecule has 1 saturated heterocycles. The van der Waals surface area contributed by atoms with Crippen LogP contribution in [0, 0.1) is 5.41 Å². The quantitative estimate of drug-likeness (QED) is 0.587. The third-order valence-electron chi connectivity index (χ3n) is 2.19. The zero-order valence-electron chi connectivity index (χ0n) is 6.58. The fraction of sp³-hybridized carbons (Fsp3) is 0.857. The van der Waals surface area contributed by atoms with E-state index in [2.05, 4.69) is 0 Å². The average molecular weight is 159 g/mol. The lowest BCUT2D eigenvalue weighted by Gasteiger charge is -2.33. The fourth-order valence-electron chi connectivity index (χ4n) is 1.39. The molecule has 0 bridgehead atoms. The van der Waals surface area contributed by atoms with Crippen molar-refractivity contribution in [3.8, 4) is 0 Å². The van der Waals surface area contributed by atoms with Gasteiger partial charge in [-0.1, -0.05) is 0 Å². The number of piperidine rings is 1. The second-order valence-electron chi connectivity index (χ2n) is 3.36. The van der Waals surface area contributed by atoms with E-state index in [1.54, 1.807) is 6.92 Å². The molecule has 0 saturated carbocycles. The van der Waals surface area contributed by atoms with Crippen molar-refractivity contribution >= 4 is 5.97 Å². The third kappa shape index (κ3) is 1.70. The van der Waals surface area contributed by atoms with Crippen LogP contribution < -0.4 is 0 Å². The summed E-state index contributed by atoms with van der Waals surface area (Å²) in [6.45, 7) is 2.49. The molecule has 1 aliphatic rings. The number of rotatable bonds is 1. The number of aliphatic carboxylic acids is 1. The summed E-state index contributed by atoms with van der Waals surface area (Å²) >= 11 is 0. The Morgan fingerprint density at radius 3 is 2.64 bits per heavy atom. The molecule has 1 fully saturated rings. The molecule has 1 heterocycles. The molecule has 0 aromatic carbocycles. The van der Waals surface area contributed by atoms with Gasteiger partial charge in [0.05, 0.1) is 5.41 Å². The molecule has 0 amide bonds. The van der Waals surface area contributed by atoms with E-state index in [1.807, 2.05) is 0 Å². The maximum atomic E-state index is 10.7. The molecule has 64 valence electrons. The summed E-state index contributed by atoms with van der Waals surface area (Å²) in [6, 6.07) is 0. The van der Waals surface area contributed by atoms with E-state index in [-0.39, 0.29) is 6.54 Å². The van der Waals surface area contributed by atoms with Crippen molar-refractivity contribution in [3.63, 3.8) is 0 Å². The summed E-state index contributed by atoms with van der Waals surface area (Å²) in [4.78, 5) is 10.7. The molecular weight excluding hydrogens is 146 g/mol. The number of nitrogens with zero attached hydrogens (tertiary/aromatic N) is 1. The smallest absolute Gasteiger partial charge is 0.310 e. The van der Waals surface area contributed by atoms with E-state index >= 15 is 0 Å². The highest BCUT2D eigenvalue weighted by molar-refractivity contribution is 5.74. The standard InChI is InChI=1S/C7H13NO3/c1-7(6(9)10)3-2-4-8(11)5-7/h11H,2-5H2,1H3,(H,9,10). The van der Waals surface area contributed by atoms with Gasteiger partial charge in [0, 0.05) is 13.1 Å². The molecule has 0 aromatic rings. The first-order valence-electron chi connectivity index (χ1n) is 3.72. The lowest BCUT2D eigenvalue weighted by atomic mass is 9.83.